The highest BCUT2D eigenvalue weighted by molar-refractivity contribution is 4.98. The van der Waals surface area contributed by atoms with Gasteiger partial charge in [0.15, 0.2) is 0 Å². The summed E-state index contributed by atoms with van der Waals surface area (Å²) in [5, 5.41) is 1.27. The second-order valence-electron chi connectivity index (χ2n) is 2.36. The van der Waals surface area contributed by atoms with E-state index < -0.39 is 24.1 Å². The van der Waals surface area contributed by atoms with Crippen molar-refractivity contribution in [3.05, 3.63) is 0 Å². The zero-order valence-corrected chi connectivity index (χ0v) is 6.67. The van der Waals surface area contributed by atoms with Crippen LogP contribution in [-0.4, -0.2) is 24.1 Å². The fourth-order valence-corrected chi connectivity index (χ4v) is 0.477. The Morgan fingerprint density at radius 1 is 0.625 bits per heavy atom. The first-order chi connectivity index (χ1) is 6.81. The summed E-state index contributed by atoms with van der Waals surface area (Å²) in [4.78, 5) is 0. The van der Waals surface area contributed by atoms with E-state index in [1.54, 1.807) is 0 Å². The first kappa shape index (κ1) is 14.9. The van der Waals surface area contributed by atoms with Crippen LogP contribution in [0.4, 0.5) is 44.0 Å². The summed E-state index contributed by atoms with van der Waals surface area (Å²) < 4.78 is 117. The van der Waals surface area contributed by atoms with Crippen molar-refractivity contribution in [2.24, 2.45) is 10.5 Å². The van der Waals surface area contributed by atoms with Crippen molar-refractivity contribution in [2.45, 2.75) is 24.1 Å². The van der Waals surface area contributed by atoms with Gasteiger partial charge in [0.1, 0.15) is 0 Å². The average Bonchev–Trinajstić information content (AvgIpc) is 2.01. The molecule has 0 amide bonds. The van der Waals surface area contributed by atoms with Crippen LogP contribution in [0.25, 0.3) is 0 Å². The molecule has 0 aromatic carbocycles. The van der Waals surface area contributed by atoms with Crippen LogP contribution in [0.3, 0.4) is 0 Å². The minimum Gasteiger partial charge on any atom is -0.190 e. The third kappa shape index (κ3) is 2.04. The fourth-order valence-electron chi connectivity index (χ4n) is 0.477. The summed E-state index contributed by atoms with van der Waals surface area (Å²) in [7, 11) is 0. The van der Waals surface area contributed by atoms with E-state index in [0.717, 1.165) is 0 Å². The first-order valence-corrected chi connectivity index (χ1v) is 3.04. The van der Waals surface area contributed by atoms with Gasteiger partial charge in [-0.15, -0.1) is 0 Å². The Morgan fingerprint density at radius 3 is 1.25 bits per heavy atom. The monoisotopic (exact) mass is 266 g/mol. The molecule has 0 unspecified atom stereocenters. The Kier molecular flexibility index (Phi) is 3.47. The van der Waals surface area contributed by atoms with Gasteiger partial charge in [-0.1, -0.05) is 9.60 Å². The normalized spacial score (nSPS) is 15.9. The molecule has 0 aliphatic carbocycles. The van der Waals surface area contributed by atoms with Crippen LogP contribution >= 0.6 is 0 Å². The Balaban J connectivity index is 5.52. The summed E-state index contributed by atoms with van der Waals surface area (Å²) in [5.41, 5.74) is 0. The largest absolute Gasteiger partial charge is 0.460 e. The molecule has 0 bridgehead atoms. The van der Waals surface area contributed by atoms with Gasteiger partial charge < -0.3 is 0 Å². The summed E-state index contributed by atoms with van der Waals surface area (Å²) >= 11 is 0. The molecule has 0 aromatic rings. The molecule has 0 saturated heterocycles. The van der Waals surface area contributed by atoms with Gasteiger partial charge in [-0.3, -0.25) is 0 Å². The molecule has 0 heterocycles. The predicted molar refractivity (Wildman–Crippen MR) is 26.9 cm³/mol. The molecule has 0 atom stereocenters. The smallest absolute Gasteiger partial charge is 0.190 e. The molecule has 96 valence electrons. The van der Waals surface area contributed by atoms with Crippen LogP contribution in [0.5, 0.6) is 0 Å². The topological polar surface area (TPSA) is 24.7 Å². The number of hydrogen-bond acceptors (Lipinski definition) is 2. The van der Waals surface area contributed by atoms with Crippen molar-refractivity contribution in [2.75, 3.05) is 0 Å². The quantitative estimate of drug-likeness (QED) is 0.422. The average molecular weight is 266 g/mol. The minimum absolute atomic E-state index is 0.564. The van der Waals surface area contributed by atoms with Gasteiger partial charge in [-0.25, -0.2) is 0 Å². The molecule has 0 saturated carbocycles. The molecule has 0 aliphatic heterocycles. The van der Waals surface area contributed by atoms with Crippen LogP contribution in [0, 0.1) is 0 Å². The lowest BCUT2D eigenvalue weighted by atomic mass is 10.1. The molecule has 0 fully saturated rings. The second-order valence-corrected chi connectivity index (χ2v) is 2.36. The number of hydrogen-bond donors (Lipinski definition) is 0. The third-order valence-corrected chi connectivity index (χ3v) is 1.29. The van der Waals surface area contributed by atoms with E-state index in [9.17, 15) is 44.0 Å². The number of alkyl halides is 9. The van der Waals surface area contributed by atoms with Crippen molar-refractivity contribution in [1.29, 1.82) is 0 Å². The van der Waals surface area contributed by atoms with Crippen molar-refractivity contribution >= 4 is 0 Å². The van der Waals surface area contributed by atoms with Gasteiger partial charge in [0.25, 0.3) is 0 Å². The zero-order valence-electron chi connectivity index (χ0n) is 6.67. The summed E-state index contributed by atoms with van der Waals surface area (Å²) in [6.45, 7) is 0. The van der Waals surface area contributed by atoms with Crippen molar-refractivity contribution in [3.8, 4) is 0 Å². The summed E-state index contributed by atoms with van der Waals surface area (Å²) in [6.07, 6.45) is -6.95. The molecule has 0 N–H and O–H groups in total. The van der Waals surface area contributed by atoms with Gasteiger partial charge in [0.05, 0.1) is 0 Å². The van der Waals surface area contributed by atoms with E-state index in [0.29, 0.717) is 10.5 Å². The van der Waals surface area contributed by atoms with Gasteiger partial charge in [-0.2, -0.15) is 39.5 Å². The van der Waals surface area contributed by atoms with E-state index in [1.165, 1.54) is 0 Å². The van der Waals surface area contributed by atoms with E-state index in [4.69, 9.17) is 0 Å². The second kappa shape index (κ2) is 3.73. The Hall–Kier alpha value is -1.10. The maximum Gasteiger partial charge on any atom is 0.460 e. The molecule has 12 heteroatoms. The minimum atomic E-state index is -7.09. The van der Waals surface area contributed by atoms with Crippen molar-refractivity contribution < 1.29 is 44.0 Å². The third-order valence-electron chi connectivity index (χ3n) is 1.29. The van der Waals surface area contributed by atoms with E-state index in [1.807, 2.05) is 0 Å². The Morgan fingerprint density at radius 2 is 1.00 bits per heavy atom. The van der Waals surface area contributed by atoms with Crippen LogP contribution in [-0.2, 0) is 0 Å². The van der Waals surface area contributed by atoms with Gasteiger partial charge in [-0.05, 0) is 0 Å². The molecular weight excluding hydrogens is 266 g/mol. The van der Waals surface area contributed by atoms with Gasteiger partial charge in [0.2, 0.25) is 0 Å². The highest BCUT2D eigenvalue weighted by Gasteiger charge is 2.82. The zero-order chi connectivity index (χ0) is 13.4. The summed E-state index contributed by atoms with van der Waals surface area (Å²) in [6, 6.07) is -6.33. The molecule has 0 spiro atoms. The van der Waals surface area contributed by atoms with Gasteiger partial charge in [0, 0.05) is 5.34 Å². The van der Waals surface area contributed by atoms with Gasteiger partial charge >= 0.3 is 24.1 Å². The molecule has 0 aromatic heterocycles. The highest BCUT2D eigenvalue weighted by atomic mass is 19.4. The molecular formula is C4F10N2. The van der Waals surface area contributed by atoms with Crippen LogP contribution < -0.4 is 0 Å². The first-order valence-electron chi connectivity index (χ1n) is 3.04. The van der Waals surface area contributed by atoms with E-state index in [2.05, 4.69) is 0 Å². The van der Waals surface area contributed by atoms with Crippen molar-refractivity contribution in [1.82, 2.24) is 0 Å². The fraction of sp³-hybridized carbons (Fsp3) is 1.00. The predicted octanol–water partition coefficient (Wildman–Crippen LogP) is 3.75. The molecule has 0 aliphatic rings. The lowest BCUT2D eigenvalue weighted by Gasteiger charge is -2.30. The lowest BCUT2D eigenvalue weighted by Crippen LogP contribution is -2.60. The van der Waals surface area contributed by atoms with Crippen molar-refractivity contribution in [3.63, 3.8) is 0 Å². The van der Waals surface area contributed by atoms with E-state index in [-0.39, 0.29) is 0 Å². The molecule has 2 nitrogen and oxygen atoms in total. The molecule has 16 heavy (non-hydrogen) atoms. The lowest BCUT2D eigenvalue weighted by molar-refractivity contribution is -0.395. The van der Waals surface area contributed by atoms with E-state index >= 15 is 0 Å². The maximum absolute atomic E-state index is 12.1. The Bertz CT molecular complexity index is 277. The molecule has 0 radical (unpaired) electrons. The summed E-state index contributed by atoms with van der Waals surface area (Å²) in [5.74, 6) is -14.1. The van der Waals surface area contributed by atoms with Crippen LogP contribution in [0.1, 0.15) is 0 Å². The molecule has 0 rings (SSSR count). The SMILES string of the molecule is FN=NC(F)(F)C(F)(F)C(F)(F)C(F)(F)F. The Labute approximate surface area is 79.9 Å². The van der Waals surface area contributed by atoms with Crippen LogP contribution in [0.15, 0.2) is 10.5 Å². The standard InChI is InChI=1S/C4F10N2/c5-1(6,3(9,10)11)2(7,8)4(12,13)15-16-14. The number of halogens is 10. The maximum atomic E-state index is 12.1. The highest BCUT2D eigenvalue weighted by Crippen LogP contribution is 2.53. The number of rotatable bonds is 3. The van der Waals surface area contributed by atoms with Crippen LogP contribution in [0.2, 0.25) is 0 Å². The number of nitrogens with zero attached hydrogens (tertiary/aromatic N) is 2.